The molecule has 0 aromatic heterocycles. The first-order valence-corrected chi connectivity index (χ1v) is 6.94. The molecule has 0 unspecified atom stereocenters. The van der Waals surface area contributed by atoms with Crippen molar-refractivity contribution in [3.05, 3.63) is 39.4 Å². The Balaban J connectivity index is 3.14. The van der Waals surface area contributed by atoms with Crippen LogP contribution < -0.4 is 0 Å². The van der Waals surface area contributed by atoms with Crippen LogP contribution >= 0.6 is 39.1 Å². The molecule has 0 aliphatic carbocycles. The van der Waals surface area contributed by atoms with Crippen molar-refractivity contribution < 1.29 is 0 Å². The van der Waals surface area contributed by atoms with Gasteiger partial charge in [-0.05, 0) is 23.1 Å². The summed E-state index contributed by atoms with van der Waals surface area (Å²) < 4.78 is 0. The van der Waals surface area contributed by atoms with Crippen molar-refractivity contribution in [1.29, 1.82) is 0 Å². The largest absolute Gasteiger partial charge is 0.0880 e. The van der Waals surface area contributed by atoms with E-state index < -0.39 is 0 Å². The molecule has 0 aliphatic rings. The zero-order valence-corrected chi connectivity index (χ0v) is 12.7. The molecule has 0 fully saturated rings. The van der Waals surface area contributed by atoms with Crippen LogP contribution in [0.25, 0.3) is 6.08 Å². The van der Waals surface area contributed by atoms with Gasteiger partial charge in [0.15, 0.2) is 0 Å². The molecule has 1 rings (SSSR count). The molecule has 0 bridgehead atoms. The second-order valence-corrected chi connectivity index (χ2v) is 6.12. The Hall–Kier alpha value is 0.0200. The number of halogens is 3. The van der Waals surface area contributed by atoms with Crippen molar-refractivity contribution in [2.75, 3.05) is 5.33 Å². The summed E-state index contributed by atoms with van der Waals surface area (Å²) in [5, 5.41) is 2.20. The summed E-state index contributed by atoms with van der Waals surface area (Å²) in [7, 11) is 0. The van der Waals surface area contributed by atoms with Gasteiger partial charge >= 0.3 is 0 Å². The third-order valence-corrected chi connectivity index (χ3v) is 3.57. The maximum absolute atomic E-state index is 6.14. The number of hydrogen-bond donors (Lipinski definition) is 0. The van der Waals surface area contributed by atoms with Crippen LogP contribution in [0.3, 0.4) is 0 Å². The van der Waals surface area contributed by atoms with E-state index in [-0.39, 0.29) is 5.41 Å². The van der Waals surface area contributed by atoms with Crippen molar-refractivity contribution in [2.45, 2.75) is 20.8 Å². The fraction of sp³-hybridized carbons (Fsp3) is 0.385. The lowest BCUT2D eigenvalue weighted by molar-refractivity contribution is 0.511. The van der Waals surface area contributed by atoms with Crippen LogP contribution in [0.1, 0.15) is 26.3 Å². The number of alkyl halides is 1. The third kappa shape index (κ3) is 3.80. The van der Waals surface area contributed by atoms with Crippen LogP contribution in [0, 0.1) is 5.41 Å². The SMILES string of the molecule is CC(C)(C)/C(=C/c1ccc(Cl)cc1Cl)CBr. The van der Waals surface area contributed by atoms with Crippen molar-refractivity contribution in [2.24, 2.45) is 5.41 Å². The minimum Gasteiger partial charge on any atom is -0.0880 e. The van der Waals surface area contributed by atoms with Crippen LogP contribution in [-0.4, -0.2) is 5.33 Å². The van der Waals surface area contributed by atoms with E-state index in [0.717, 1.165) is 10.9 Å². The molecule has 0 spiro atoms. The van der Waals surface area contributed by atoms with Gasteiger partial charge in [0.2, 0.25) is 0 Å². The Labute approximate surface area is 116 Å². The quantitative estimate of drug-likeness (QED) is 0.602. The molecule has 0 amide bonds. The monoisotopic (exact) mass is 320 g/mol. The maximum atomic E-state index is 6.14. The van der Waals surface area contributed by atoms with Crippen molar-refractivity contribution in [1.82, 2.24) is 0 Å². The van der Waals surface area contributed by atoms with Crippen molar-refractivity contribution >= 4 is 45.2 Å². The molecule has 0 radical (unpaired) electrons. The van der Waals surface area contributed by atoms with Gasteiger partial charge in [-0.2, -0.15) is 0 Å². The first-order valence-electron chi connectivity index (χ1n) is 5.06. The standard InChI is InChI=1S/C13H15BrCl2/c1-13(2,3)10(8-14)6-9-4-5-11(15)7-12(9)16/h4-7H,8H2,1-3H3/b10-6+. The normalized spacial score (nSPS) is 13.0. The summed E-state index contributed by atoms with van der Waals surface area (Å²) in [5.74, 6) is 0. The second-order valence-electron chi connectivity index (χ2n) is 4.72. The number of rotatable bonds is 2. The predicted molar refractivity (Wildman–Crippen MR) is 77.7 cm³/mol. The Morgan fingerprint density at radius 2 is 1.94 bits per heavy atom. The predicted octanol–water partition coefficient (Wildman–Crippen LogP) is 5.82. The van der Waals surface area contributed by atoms with E-state index in [9.17, 15) is 0 Å². The molecular weight excluding hydrogens is 307 g/mol. The summed E-state index contributed by atoms with van der Waals surface area (Å²) in [5.41, 5.74) is 2.44. The highest BCUT2D eigenvalue weighted by molar-refractivity contribution is 9.09. The number of benzene rings is 1. The Morgan fingerprint density at radius 3 is 2.38 bits per heavy atom. The minimum atomic E-state index is 0.131. The lowest BCUT2D eigenvalue weighted by atomic mass is 9.86. The van der Waals surface area contributed by atoms with Gasteiger partial charge in [-0.3, -0.25) is 0 Å². The van der Waals surface area contributed by atoms with Gasteiger partial charge < -0.3 is 0 Å². The van der Waals surface area contributed by atoms with E-state index in [0.29, 0.717) is 10.0 Å². The zero-order valence-electron chi connectivity index (χ0n) is 9.65. The van der Waals surface area contributed by atoms with Gasteiger partial charge in [-0.15, -0.1) is 0 Å². The van der Waals surface area contributed by atoms with Gasteiger partial charge in [0.25, 0.3) is 0 Å². The van der Waals surface area contributed by atoms with Crippen LogP contribution in [0.5, 0.6) is 0 Å². The minimum absolute atomic E-state index is 0.131. The molecule has 0 nitrogen and oxygen atoms in total. The molecule has 16 heavy (non-hydrogen) atoms. The van der Waals surface area contributed by atoms with Gasteiger partial charge in [0, 0.05) is 15.4 Å². The zero-order chi connectivity index (χ0) is 12.3. The molecule has 1 aromatic carbocycles. The molecule has 0 atom stereocenters. The lowest BCUT2D eigenvalue weighted by Crippen LogP contribution is -2.10. The fourth-order valence-corrected chi connectivity index (χ4v) is 2.73. The molecule has 0 N–H and O–H groups in total. The summed E-state index contributed by atoms with van der Waals surface area (Å²) >= 11 is 15.5. The van der Waals surface area contributed by atoms with Crippen LogP contribution in [0.2, 0.25) is 10.0 Å². The van der Waals surface area contributed by atoms with E-state index >= 15 is 0 Å². The first-order chi connectivity index (χ1) is 7.34. The molecule has 3 heteroatoms. The lowest BCUT2D eigenvalue weighted by Gasteiger charge is -2.21. The number of hydrogen-bond acceptors (Lipinski definition) is 0. The second kappa shape index (κ2) is 5.57. The van der Waals surface area contributed by atoms with E-state index in [4.69, 9.17) is 23.2 Å². The van der Waals surface area contributed by atoms with E-state index in [2.05, 4.69) is 42.8 Å². The smallest absolute Gasteiger partial charge is 0.0493 e. The molecule has 0 aliphatic heterocycles. The Morgan fingerprint density at radius 1 is 1.31 bits per heavy atom. The summed E-state index contributed by atoms with van der Waals surface area (Å²) in [6.45, 7) is 6.55. The highest BCUT2D eigenvalue weighted by atomic mass is 79.9. The molecule has 88 valence electrons. The fourth-order valence-electron chi connectivity index (χ4n) is 1.26. The summed E-state index contributed by atoms with van der Waals surface area (Å²) in [6.07, 6.45) is 2.12. The molecule has 1 aromatic rings. The Bertz CT molecular complexity index is 403. The molecule has 0 heterocycles. The van der Waals surface area contributed by atoms with Gasteiger partial charge in [0.05, 0.1) is 0 Å². The topological polar surface area (TPSA) is 0 Å². The molecule has 0 saturated carbocycles. The summed E-state index contributed by atoms with van der Waals surface area (Å²) in [6, 6.07) is 5.57. The third-order valence-electron chi connectivity index (χ3n) is 2.40. The van der Waals surface area contributed by atoms with Crippen LogP contribution in [-0.2, 0) is 0 Å². The van der Waals surface area contributed by atoms with Crippen molar-refractivity contribution in [3.63, 3.8) is 0 Å². The van der Waals surface area contributed by atoms with Crippen LogP contribution in [0.4, 0.5) is 0 Å². The van der Waals surface area contributed by atoms with E-state index in [1.54, 1.807) is 6.07 Å². The first kappa shape index (κ1) is 14.1. The van der Waals surface area contributed by atoms with Crippen molar-refractivity contribution in [3.8, 4) is 0 Å². The van der Waals surface area contributed by atoms with Gasteiger partial charge in [-0.1, -0.05) is 77.6 Å². The van der Waals surface area contributed by atoms with Crippen LogP contribution in [0.15, 0.2) is 23.8 Å². The average molecular weight is 322 g/mol. The maximum Gasteiger partial charge on any atom is 0.0493 e. The molecular formula is C13H15BrCl2. The molecule has 0 saturated heterocycles. The van der Waals surface area contributed by atoms with E-state index in [1.807, 2.05) is 12.1 Å². The van der Waals surface area contributed by atoms with Gasteiger partial charge in [0.1, 0.15) is 0 Å². The van der Waals surface area contributed by atoms with Gasteiger partial charge in [-0.25, -0.2) is 0 Å². The Kier molecular flexibility index (Phi) is 4.90. The highest BCUT2D eigenvalue weighted by Crippen LogP contribution is 2.31. The average Bonchev–Trinajstić information content (AvgIpc) is 2.14. The highest BCUT2D eigenvalue weighted by Gasteiger charge is 2.16. The summed E-state index contributed by atoms with van der Waals surface area (Å²) in [4.78, 5) is 0. The number of allylic oxidation sites excluding steroid dienone is 1. The van der Waals surface area contributed by atoms with E-state index in [1.165, 1.54) is 5.57 Å².